The van der Waals surface area contributed by atoms with Crippen molar-refractivity contribution in [2.75, 3.05) is 11.9 Å². The van der Waals surface area contributed by atoms with Crippen LogP contribution >= 0.6 is 0 Å². The summed E-state index contributed by atoms with van der Waals surface area (Å²) in [5.74, 6) is 1.38. The summed E-state index contributed by atoms with van der Waals surface area (Å²) < 4.78 is 0. The highest BCUT2D eigenvalue weighted by Gasteiger charge is 2.18. The third-order valence-electron chi connectivity index (χ3n) is 3.88. The van der Waals surface area contributed by atoms with E-state index in [0.29, 0.717) is 11.8 Å². The smallest absolute Gasteiger partial charge is 0.0781 e. The average Bonchev–Trinajstić information content (AvgIpc) is 2.35. The molecule has 0 amide bonds. The lowest BCUT2D eigenvalue weighted by Crippen LogP contribution is -2.20. The zero-order valence-electron chi connectivity index (χ0n) is 12.2. The Balaban J connectivity index is 1.98. The molecular weight excluding hydrogens is 234 g/mol. The maximum atomic E-state index is 9.78. The van der Waals surface area contributed by atoms with E-state index in [-0.39, 0.29) is 0 Å². The summed E-state index contributed by atoms with van der Waals surface area (Å²) in [6.45, 7) is 7.32. The molecule has 0 aliphatic heterocycles. The number of aliphatic hydroxyl groups is 1. The molecule has 1 aliphatic rings. The summed E-state index contributed by atoms with van der Waals surface area (Å²) >= 11 is 0. The van der Waals surface area contributed by atoms with Gasteiger partial charge in [0.15, 0.2) is 0 Å². The van der Waals surface area contributed by atoms with E-state index in [4.69, 9.17) is 0 Å². The average molecular weight is 259 g/mol. The predicted molar refractivity (Wildman–Crippen MR) is 81.2 cm³/mol. The molecule has 2 nitrogen and oxygen atoms in total. The van der Waals surface area contributed by atoms with Crippen LogP contribution in [0.3, 0.4) is 0 Å². The van der Waals surface area contributed by atoms with Crippen LogP contribution in [0, 0.1) is 11.8 Å². The molecule has 2 rings (SSSR count). The van der Waals surface area contributed by atoms with E-state index < -0.39 is 6.10 Å². The number of hydrogen-bond donors (Lipinski definition) is 2. The van der Waals surface area contributed by atoms with Crippen LogP contribution in [-0.2, 0) is 0 Å². The normalized spacial score (nSPS) is 24.7. The molecular formula is C17H25NO. The van der Waals surface area contributed by atoms with Crippen molar-refractivity contribution in [3.8, 4) is 0 Å². The van der Waals surface area contributed by atoms with Gasteiger partial charge < -0.3 is 10.4 Å². The first-order valence-electron chi connectivity index (χ1n) is 7.24. The molecule has 0 saturated heterocycles. The number of nitrogens with one attached hydrogen (secondary N) is 1. The fraction of sp³-hybridized carbons (Fsp3) is 0.529. The van der Waals surface area contributed by atoms with Crippen LogP contribution in [0.1, 0.15) is 45.3 Å². The molecule has 19 heavy (non-hydrogen) atoms. The Morgan fingerprint density at radius 1 is 1.37 bits per heavy atom. The minimum Gasteiger partial charge on any atom is -0.389 e. The summed E-state index contributed by atoms with van der Waals surface area (Å²) in [5, 5.41) is 13.3. The van der Waals surface area contributed by atoms with Gasteiger partial charge in [0.1, 0.15) is 0 Å². The Labute approximate surface area is 116 Å². The molecule has 0 radical (unpaired) electrons. The van der Waals surface area contributed by atoms with Crippen LogP contribution in [0.25, 0.3) is 0 Å². The van der Waals surface area contributed by atoms with Crippen LogP contribution in [0.5, 0.6) is 0 Å². The fourth-order valence-corrected chi connectivity index (χ4v) is 3.12. The van der Waals surface area contributed by atoms with Crippen LogP contribution < -0.4 is 5.32 Å². The third kappa shape index (κ3) is 3.84. The maximum absolute atomic E-state index is 9.78. The van der Waals surface area contributed by atoms with Gasteiger partial charge in [-0.2, -0.15) is 0 Å². The lowest BCUT2D eigenvalue weighted by atomic mass is 9.83. The first kappa shape index (κ1) is 14.1. The van der Waals surface area contributed by atoms with Gasteiger partial charge in [-0.1, -0.05) is 36.8 Å². The van der Waals surface area contributed by atoms with Gasteiger partial charge in [-0.15, -0.1) is 0 Å². The van der Waals surface area contributed by atoms with E-state index in [0.717, 1.165) is 17.8 Å². The maximum Gasteiger partial charge on any atom is 0.0781 e. The Morgan fingerprint density at radius 2 is 2.11 bits per heavy atom. The van der Waals surface area contributed by atoms with Crippen LogP contribution in [0.4, 0.5) is 5.69 Å². The Kier molecular flexibility index (Phi) is 4.65. The highest BCUT2D eigenvalue weighted by molar-refractivity contribution is 5.52. The number of rotatable bonds is 4. The van der Waals surface area contributed by atoms with Crippen molar-refractivity contribution in [1.82, 2.24) is 0 Å². The van der Waals surface area contributed by atoms with Crippen LogP contribution in [0.15, 0.2) is 35.9 Å². The summed E-state index contributed by atoms with van der Waals surface area (Å²) in [6, 6.07) is 8.03. The van der Waals surface area contributed by atoms with Crippen molar-refractivity contribution >= 4 is 5.69 Å². The van der Waals surface area contributed by atoms with Gasteiger partial charge in [-0.25, -0.2) is 0 Å². The fourth-order valence-electron chi connectivity index (χ4n) is 3.12. The topological polar surface area (TPSA) is 32.3 Å². The summed E-state index contributed by atoms with van der Waals surface area (Å²) in [4.78, 5) is 0. The van der Waals surface area contributed by atoms with Gasteiger partial charge in [0, 0.05) is 17.8 Å². The second-order valence-corrected chi connectivity index (χ2v) is 5.94. The number of benzene rings is 1. The van der Waals surface area contributed by atoms with Crippen LogP contribution in [-0.4, -0.2) is 11.7 Å². The van der Waals surface area contributed by atoms with Crippen LogP contribution in [0.2, 0.25) is 0 Å². The van der Waals surface area contributed by atoms with Gasteiger partial charge in [0.25, 0.3) is 0 Å². The zero-order chi connectivity index (χ0) is 13.8. The Morgan fingerprint density at radius 3 is 2.79 bits per heavy atom. The van der Waals surface area contributed by atoms with Gasteiger partial charge in [0.05, 0.1) is 6.10 Å². The molecule has 0 spiro atoms. The highest BCUT2D eigenvalue weighted by Crippen LogP contribution is 2.29. The summed E-state index contributed by atoms with van der Waals surface area (Å²) in [7, 11) is 0. The van der Waals surface area contributed by atoms with E-state index in [9.17, 15) is 5.11 Å². The minimum atomic E-state index is -0.421. The number of allylic oxidation sites excluding steroid dienone is 2. The molecule has 1 aromatic carbocycles. The molecule has 104 valence electrons. The molecule has 1 aromatic rings. The lowest BCUT2D eigenvalue weighted by Gasteiger charge is -2.26. The molecule has 1 aliphatic carbocycles. The zero-order valence-corrected chi connectivity index (χ0v) is 12.2. The standard InChI is InChI=1S/C17H25NO/c1-12-8-13(2)10-15(9-12)11-18-17-7-5-4-6-16(17)14(3)19/h4-8,12,14-15,18-19H,9-11H2,1-3H3. The Hall–Kier alpha value is -1.28. The molecule has 3 atom stereocenters. The SMILES string of the molecule is CC1=CC(C)CC(CNc2ccccc2C(C)O)C1. The van der Waals surface area contributed by atoms with Gasteiger partial charge in [-0.05, 0) is 44.6 Å². The first-order valence-corrected chi connectivity index (χ1v) is 7.24. The van der Waals surface area contributed by atoms with E-state index in [2.05, 4.69) is 31.3 Å². The van der Waals surface area contributed by atoms with E-state index >= 15 is 0 Å². The summed E-state index contributed by atoms with van der Waals surface area (Å²) in [5.41, 5.74) is 3.56. The molecule has 0 saturated carbocycles. The van der Waals surface area contributed by atoms with Crippen molar-refractivity contribution in [3.63, 3.8) is 0 Å². The number of para-hydroxylation sites is 1. The Bertz CT molecular complexity index is 450. The van der Waals surface area contributed by atoms with Crippen molar-refractivity contribution in [3.05, 3.63) is 41.5 Å². The van der Waals surface area contributed by atoms with Crippen molar-refractivity contribution in [1.29, 1.82) is 0 Å². The number of hydrogen-bond acceptors (Lipinski definition) is 2. The highest BCUT2D eigenvalue weighted by atomic mass is 16.3. The second kappa shape index (κ2) is 6.25. The van der Waals surface area contributed by atoms with Gasteiger partial charge in [-0.3, -0.25) is 0 Å². The lowest BCUT2D eigenvalue weighted by molar-refractivity contribution is 0.200. The van der Waals surface area contributed by atoms with Gasteiger partial charge in [0.2, 0.25) is 0 Å². The largest absolute Gasteiger partial charge is 0.389 e. The third-order valence-corrected chi connectivity index (χ3v) is 3.88. The summed E-state index contributed by atoms with van der Waals surface area (Å²) in [6.07, 6.45) is 4.41. The number of anilines is 1. The first-order chi connectivity index (χ1) is 9.06. The van der Waals surface area contributed by atoms with Crippen molar-refractivity contribution < 1.29 is 5.11 Å². The molecule has 0 aromatic heterocycles. The molecule has 0 fully saturated rings. The van der Waals surface area contributed by atoms with E-state index in [1.165, 1.54) is 18.4 Å². The monoisotopic (exact) mass is 259 g/mol. The van der Waals surface area contributed by atoms with Gasteiger partial charge >= 0.3 is 0 Å². The predicted octanol–water partition coefficient (Wildman–Crippen LogP) is 4.14. The van der Waals surface area contributed by atoms with Crippen molar-refractivity contribution in [2.24, 2.45) is 11.8 Å². The molecule has 2 N–H and O–H groups in total. The van der Waals surface area contributed by atoms with Crippen molar-refractivity contribution in [2.45, 2.75) is 39.7 Å². The van der Waals surface area contributed by atoms with E-state index in [1.807, 2.05) is 25.1 Å². The number of aliphatic hydroxyl groups excluding tert-OH is 1. The second-order valence-electron chi connectivity index (χ2n) is 5.94. The quantitative estimate of drug-likeness (QED) is 0.796. The molecule has 3 unspecified atom stereocenters. The molecule has 2 heteroatoms. The molecule has 0 heterocycles. The van der Waals surface area contributed by atoms with E-state index in [1.54, 1.807) is 0 Å². The minimum absolute atomic E-state index is 0.421. The molecule has 0 bridgehead atoms.